The smallest absolute Gasteiger partial charge is 0.261 e. The molecule has 0 saturated carbocycles. The summed E-state index contributed by atoms with van der Waals surface area (Å²) in [7, 11) is 0.152. The van der Waals surface area contributed by atoms with Crippen molar-refractivity contribution >= 4 is 17.1 Å². The van der Waals surface area contributed by atoms with Crippen molar-refractivity contribution in [3.05, 3.63) is 287 Å². The highest BCUT2D eigenvalue weighted by molar-refractivity contribution is 7.45. The van der Waals surface area contributed by atoms with E-state index in [0.29, 0.717) is 13.1 Å². The second-order valence-corrected chi connectivity index (χ2v) is 24.5. The average Bonchev–Trinajstić information content (AvgIpc) is 4.04. The van der Waals surface area contributed by atoms with Gasteiger partial charge in [0.15, 0.2) is 34.0 Å². The summed E-state index contributed by atoms with van der Waals surface area (Å²) in [5.41, 5.74) is 2.46. The summed E-state index contributed by atoms with van der Waals surface area (Å²) < 4.78 is 65.5. The molecule has 4 heterocycles. The van der Waals surface area contributed by atoms with Crippen LogP contribution in [-0.4, -0.2) is 72.5 Å². The van der Waals surface area contributed by atoms with E-state index in [2.05, 4.69) is 218 Å². The minimum Gasteiger partial charge on any atom is -0.341 e. The number of nitrogens with zero attached hydrogens (tertiary/aromatic N) is 2. The Kier molecular flexibility index (Phi) is 14.5. The van der Waals surface area contributed by atoms with Crippen LogP contribution < -0.4 is 0 Å². The molecule has 8 aromatic rings. The molecule has 4 saturated heterocycles. The molecule has 0 radical (unpaired) electrons. The van der Waals surface area contributed by atoms with Crippen LogP contribution in [0.3, 0.4) is 0 Å². The first-order valence-electron chi connectivity index (χ1n) is 26.8. The van der Waals surface area contributed by atoms with E-state index < -0.39 is 75.4 Å². The first-order chi connectivity index (χ1) is 37.9. The van der Waals surface area contributed by atoms with E-state index in [4.69, 9.17) is 37.0 Å². The summed E-state index contributed by atoms with van der Waals surface area (Å²) in [6, 6.07) is 83.3. The van der Waals surface area contributed by atoms with Crippen LogP contribution >= 0.6 is 17.1 Å². The number of fused-ring (bicyclic) bond motifs is 2. The monoisotopic (exact) mass is 1080 g/mol. The SMILES string of the molecule is CN(CCN(C)P1OC(c2ccccc2)(c2ccccc2)[C@@H]2OC(C)(C)O[C@H]2C(c2ccccc2)(c2ccccc2)O1)P1OC(c2ccccc2)(c2ccccc2)[C@@H]2OC(C)(C)O[C@H]2C(c2ccccc2)(c2ccccc2)O1. The van der Waals surface area contributed by atoms with Gasteiger partial charge in [0.25, 0.3) is 17.1 Å². The van der Waals surface area contributed by atoms with Gasteiger partial charge in [0.05, 0.1) is 0 Å². The van der Waals surface area contributed by atoms with E-state index in [-0.39, 0.29) is 0 Å². The van der Waals surface area contributed by atoms with Crippen molar-refractivity contribution in [3.8, 4) is 0 Å². The molecule has 0 bridgehead atoms. The van der Waals surface area contributed by atoms with Gasteiger partial charge in [-0.2, -0.15) is 0 Å². The fraction of sp³-hybridized carbons (Fsp3) is 0.273. The fourth-order valence-corrected chi connectivity index (χ4v) is 15.5. The molecule has 0 spiro atoms. The van der Waals surface area contributed by atoms with Crippen LogP contribution in [0.15, 0.2) is 243 Å². The highest BCUT2D eigenvalue weighted by Crippen LogP contribution is 2.68. The second-order valence-electron chi connectivity index (χ2n) is 21.4. The van der Waals surface area contributed by atoms with Crippen molar-refractivity contribution in [1.82, 2.24) is 9.34 Å². The third-order valence-corrected chi connectivity index (χ3v) is 18.9. The largest absolute Gasteiger partial charge is 0.341 e. The minimum absolute atomic E-state index is 0.454. The molecule has 0 aliphatic carbocycles. The first-order valence-corrected chi connectivity index (χ1v) is 29.1. The lowest BCUT2D eigenvalue weighted by molar-refractivity contribution is -0.175. The lowest BCUT2D eigenvalue weighted by Crippen LogP contribution is -2.53. The zero-order valence-electron chi connectivity index (χ0n) is 44.9. The maximum absolute atomic E-state index is 7.96. The van der Waals surface area contributed by atoms with Gasteiger partial charge in [-0.05, 0) is 86.3 Å². The van der Waals surface area contributed by atoms with Gasteiger partial charge in [-0.25, -0.2) is 9.34 Å². The molecule has 4 fully saturated rings. The highest BCUT2D eigenvalue weighted by Gasteiger charge is 2.69. The van der Waals surface area contributed by atoms with E-state index in [1.165, 1.54) is 0 Å². The molecule has 0 unspecified atom stereocenters. The third-order valence-electron chi connectivity index (χ3n) is 15.6. The van der Waals surface area contributed by atoms with Crippen LogP contribution in [-0.2, 0) is 59.4 Å². The molecule has 78 heavy (non-hydrogen) atoms. The Morgan fingerprint density at radius 1 is 0.282 bits per heavy atom. The molecule has 4 aliphatic rings. The molecular weight excluding hydrogens is 1010 g/mol. The van der Waals surface area contributed by atoms with Crippen molar-refractivity contribution in [2.45, 2.75) is 86.1 Å². The summed E-state index contributed by atoms with van der Waals surface area (Å²) in [5, 5.41) is 0. The van der Waals surface area contributed by atoms with Crippen molar-refractivity contribution in [1.29, 1.82) is 0 Å². The van der Waals surface area contributed by atoms with Crippen LogP contribution in [0, 0.1) is 0 Å². The maximum atomic E-state index is 7.96. The predicted molar refractivity (Wildman–Crippen MR) is 306 cm³/mol. The quantitative estimate of drug-likeness (QED) is 0.104. The minimum atomic E-state index is -2.01. The van der Waals surface area contributed by atoms with Crippen molar-refractivity contribution in [2.75, 3.05) is 27.2 Å². The summed E-state index contributed by atoms with van der Waals surface area (Å²) in [4.78, 5) is 0. The molecule has 0 aromatic heterocycles. The van der Waals surface area contributed by atoms with Gasteiger partial charge in [0, 0.05) is 13.1 Å². The first kappa shape index (κ1) is 52.9. The Bertz CT molecular complexity index is 2660. The fourth-order valence-electron chi connectivity index (χ4n) is 12.1. The summed E-state index contributed by atoms with van der Waals surface area (Å²) >= 11 is 0. The lowest BCUT2D eigenvalue weighted by Gasteiger charge is -2.42. The Morgan fingerprint density at radius 2 is 0.436 bits per heavy atom. The number of hydrogen-bond donors (Lipinski definition) is 0. The lowest BCUT2D eigenvalue weighted by atomic mass is 9.72. The molecule has 398 valence electrons. The number of ether oxygens (including phenoxy) is 4. The average molecular weight is 1080 g/mol. The van der Waals surface area contributed by atoms with E-state index in [0.717, 1.165) is 44.5 Å². The van der Waals surface area contributed by atoms with Crippen LogP contribution in [0.1, 0.15) is 72.2 Å². The van der Waals surface area contributed by atoms with Crippen molar-refractivity contribution < 1.29 is 37.0 Å². The highest BCUT2D eigenvalue weighted by atomic mass is 31.2. The van der Waals surface area contributed by atoms with Crippen LogP contribution in [0.2, 0.25) is 0 Å². The van der Waals surface area contributed by atoms with E-state index in [1.807, 2.05) is 76.2 Å². The van der Waals surface area contributed by atoms with Gasteiger partial charge < -0.3 is 37.0 Å². The number of benzene rings is 8. The van der Waals surface area contributed by atoms with Gasteiger partial charge in [-0.1, -0.05) is 243 Å². The predicted octanol–water partition coefficient (Wildman–Crippen LogP) is 14.2. The summed E-state index contributed by atoms with van der Waals surface area (Å²) in [6.07, 6.45) is -2.83. The van der Waals surface area contributed by atoms with Gasteiger partial charge in [-0.3, -0.25) is 0 Å². The van der Waals surface area contributed by atoms with Gasteiger partial charge in [0.1, 0.15) is 24.4 Å². The Hall–Kier alpha value is -5.78. The van der Waals surface area contributed by atoms with Gasteiger partial charge in [-0.15, -0.1) is 0 Å². The zero-order chi connectivity index (χ0) is 53.6. The maximum Gasteiger partial charge on any atom is 0.261 e. The number of rotatable bonds is 13. The van der Waals surface area contributed by atoms with E-state index >= 15 is 0 Å². The zero-order valence-corrected chi connectivity index (χ0v) is 46.7. The number of likely N-dealkylation sites (N-methyl/N-ethyl adjacent to an activating group) is 2. The topological polar surface area (TPSA) is 80.3 Å². The van der Waals surface area contributed by atoms with E-state index in [1.54, 1.807) is 0 Å². The van der Waals surface area contributed by atoms with E-state index in [9.17, 15) is 0 Å². The van der Waals surface area contributed by atoms with Crippen LogP contribution in [0.4, 0.5) is 0 Å². The summed E-state index contributed by atoms with van der Waals surface area (Å²) in [5.74, 6) is -2.04. The van der Waals surface area contributed by atoms with Crippen LogP contribution in [0.5, 0.6) is 0 Å². The Labute approximate surface area is 461 Å². The molecule has 8 aromatic carbocycles. The Morgan fingerprint density at radius 3 is 0.590 bits per heavy atom. The van der Waals surface area contributed by atoms with Crippen molar-refractivity contribution in [3.63, 3.8) is 0 Å². The molecule has 4 atom stereocenters. The number of hydrogen-bond acceptors (Lipinski definition) is 10. The van der Waals surface area contributed by atoms with Gasteiger partial charge in [0.2, 0.25) is 0 Å². The van der Waals surface area contributed by atoms with Crippen LogP contribution in [0.25, 0.3) is 0 Å². The molecular formula is C66H66N2O8P2. The summed E-state index contributed by atoms with van der Waals surface area (Å²) in [6.45, 7) is 8.83. The third kappa shape index (κ3) is 9.20. The van der Waals surface area contributed by atoms with Gasteiger partial charge >= 0.3 is 0 Å². The molecule has 0 N–H and O–H groups in total. The molecule has 0 amide bonds. The molecule has 4 aliphatic heterocycles. The second kappa shape index (κ2) is 21.4. The Balaban J connectivity index is 1.01. The molecule has 10 nitrogen and oxygen atoms in total. The standard InChI is InChI=1S/C66H66N2O8P2/c1-61(2)69-57-58(70-61)64(51-35-19-9-20-36-51,52-37-21-10-22-38-52)74-77(73-63(57,49-31-15-7-16-32-49)50-33-17-8-18-34-50)67(5)47-48-68(6)78-75-65(53-39-23-11-24-40-53,54-41-25-12-26-42-54)59-60(72-62(3,4)71-59)66(76-78,55-43-27-13-28-44-55)56-45-29-14-30-46-56/h7-46,57-60H,47-48H2,1-6H3/t57-,58-,59-,60-/m1/s1. The molecule has 12 rings (SSSR count). The normalized spacial score (nSPS) is 23.9. The molecule has 12 heteroatoms. The van der Waals surface area contributed by atoms with Crippen molar-refractivity contribution in [2.24, 2.45) is 0 Å².